The first-order chi connectivity index (χ1) is 12.3. The second kappa shape index (κ2) is 5.73. The number of allylic oxidation sites excluding steroid dienone is 1. The Labute approximate surface area is 147 Å². The van der Waals surface area contributed by atoms with Gasteiger partial charge in [0, 0.05) is 28.8 Å². The Kier molecular flexibility index (Phi) is 3.68. The Bertz CT molecular complexity index is 1130. The summed E-state index contributed by atoms with van der Waals surface area (Å²) in [6.07, 6.45) is 0. The van der Waals surface area contributed by atoms with Crippen molar-refractivity contribution in [3.63, 3.8) is 0 Å². The van der Waals surface area contributed by atoms with Crippen molar-refractivity contribution in [1.82, 2.24) is 0 Å². The van der Waals surface area contributed by atoms with E-state index in [1.165, 1.54) is 0 Å². The van der Waals surface area contributed by atoms with Gasteiger partial charge in [0.25, 0.3) is 11.4 Å². The first-order valence-corrected chi connectivity index (χ1v) is 7.42. The molecule has 126 valence electrons. The molecule has 1 aliphatic rings. The standard InChI is InChI=1S/C14H3N5O6S/c15-4-6(5-16)12-8-1-7(17(20)21)2-10(18(22)23)13(8)9-3-11(19(24)25)26-14(9)12/h1-3H. The number of nitro benzene ring substituents is 2. The summed E-state index contributed by atoms with van der Waals surface area (Å²) in [7, 11) is 0. The Morgan fingerprint density at radius 1 is 0.923 bits per heavy atom. The summed E-state index contributed by atoms with van der Waals surface area (Å²) >= 11 is 0.637. The van der Waals surface area contributed by atoms with Crippen LogP contribution in [-0.4, -0.2) is 14.8 Å². The van der Waals surface area contributed by atoms with E-state index in [9.17, 15) is 40.9 Å². The predicted molar refractivity (Wildman–Crippen MR) is 87.0 cm³/mol. The van der Waals surface area contributed by atoms with E-state index in [-0.39, 0.29) is 32.1 Å². The van der Waals surface area contributed by atoms with Crippen LogP contribution in [0.15, 0.2) is 23.8 Å². The molecule has 0 spiro atoms. The van der Waals surface area contributed by atoms with Crippen molar-refractivity contribution >= 4 is 33.3 Å². The molecule has 0 fully saturated rings. The number of nitrogens with zero attached hydrogens (tertiary/aromatic N) is 5. The molecule has 0 bridgehead atoms. The summed E-state index contributed by atoms with van der Waals surface area (Å²) in [4.78, 5) is 31.3. The van der Waals surface area contributed by atoms with E-state index in [4.69, 9.17) is 0 Å². The molecule has 0 N–H and O–H groups in total. The summed E-state index contributed by atoms with van der Waals surface area (Å²) in [6.45, 7) is 0. The molecule has 1 aliphatic carbocycles. The van der Waals surface area contributed by atoms with E-state index < -0.39 is 31.7 Å². The lowest BCUT2D eigenvalue weighted by Crippen LogP contribution is -1.97. The minimum absolute atomic E-state index is 0.0415. The van der Waals surface area contributed by atoms with Crippen LogP contribution >= 0.6 is 11.3 Å². The molecular formula is C14H3N5O6S. The predicted octanol–water partition coefficient (Wildman–Crippen LogP) is 3.30. The minimum Gasteiger partial charge on any atom is -0.258 e. The lowest BCUT2D eigenvalue weighted by atomic mass is 10.00. The third-order valence-electron chi connectivity index (χ3n) is 3.65. The molecular weight excluding hydrogens is 366 g/mol. The number of nitro groups is 3. The highest BCUT2D eigenvalue weighted by Gasteiger charge is 2.38. The van der Waals surface area contributed by atoms with Gasteiger partial charge in [-0.2, -0.15) is 10.5 Å². The number of fused-ring (bicyclic) bond motifs is 3. The SMILES string of the molecule is N#CC(C#N)=C1c2cc([N+](=O)[O-])cc([N+](=O)[O-])c2-c2cc([N+](=O)[O-])sc21. The molecule has 1 heterocycles. The normalized spacial score (nSPS) is 11.1. The van der Waals surface area contributed by atoms with Gasteiger partial charge in [0.15, 0.2) is 0 Å². The van der Waals surface area contributed by atoms with Crippen LogP contribution in [0.2, 0.25) is 0 Å². The maximum atomic E-state index is 11.4. The van der Waals surface area contributed by atoms with E-state index in [0.29, 0.717) is 11.3 Å². The van der Waals surface area contributed by atoms with Crippen molar-refractivity contribution < 1.29 is 14.8 Å². The van der Waals surface area contributed by atoms with Gasteiger partial charge in [-0.05, 0) is 0 Å². The van der Waals surface area contributed by atoms with E-state index in [2.05, 4.69) is 0 Å². The van der Waals surface area contributed by atoms with Crippen LogP contribution < -0.4 is 0 Å². The molecule has 0 amide bonds. The summed E-state index contributed by atoms with van der Waals surface area (Å²) in [5, 5.41) is 51.6. The second-order valence-electron chi connectivity index (χ2n) is 4.96. The largest absolute Gasteiger partial charge is 0.325 e. The van der Waals surface area contributed by atoms with Crippen molar-refractivity contribution in [3.8, 4) is 23.3 Å². The van der Waals surface area contributed by atoms with Gasteiger partial charge in [0.05, 0.1) is 31.3 Å². The zero-order chi connectivity index (χ0) is 19.2. The average molecular weight is 369 g/mol. The molecule has 26 heavy (non-hydrogen) atoms. The molecule has 0 radical (unpaired) electrons. The van der Waals surface area contributed by atoms with Gasteiger partial charge >= 0.3 is 5.00 Å². The zero-order valence-electron chi connectivity index (χ0n) is 12.3. The topological polar surface area (TPSA) is 177 Å². The zero-order valence-corrected chi connectivity index (χ0v) is 13.1. The Hall–Kier alpha value is -4.16. The molecule has 2 aromatic rings. The van der Waals surface area contributed by atoms with Crippen molar-refractivity contribution in [1.29, 1.82) is 10.5 Å². The van der Waals surface area contributed by atoms with Gasteiger partial charge in [-0.15, -0.1) is 0 Å². The summed E-state index contributed by atoms with van der Waals surface area (Å²) in [6, 6.07) is 6.11. The lowest BCUT2D eigenvalue weighted by molar-refractivity contribution is -0.393. The number of benzene rings is 1. The first-order valence-electron chi connectivity index (χ1n) is 6.60. The maximum Gasteiger partial charge on any atom is 0.325 e. The third-order valence-corrected chi connectivity index (χ3v) is 4.75. The summed E-state index contributed by atoms with van der Waals surface area (Å²) in [5.41, 5.74) is -1.78. The number of non-ortho nitro benzene ring substituents is 1. The van der Waals surface area contributed by atoms with Gasteiger partial charge in [-0.25, -0.2) is 0 Å². The number of thiophene rings is 1. The number of hydrogen-bond acceptors (Lipinski definition) is 9. The van der Waals surface area contributed by atoms with Crippen LogP contribution in [0.25, 0.3) is 16.7 Å². The molecule has 1 aromatic carbocycles. The molecule has 0 saturated heterocycles. The second-order valence-corrected chi connectivity index (χ2v) is 5.99. The van der Waals surface area contributed by atoms with E-state index >= 15 is 0 Å². The van der Waals surface area contributed by atoms with Crippen LogP contribution in [0.3, 0.4) is 0 Å². The lowest BCUT2D eigenvalue weighted by Gasteiger charge is -2.04. The van der Waals surface area contributed by atoms with Crippen LogP contribution in [0.5, 0.6) is 0 Å². The molecule has 0 aliphatic heterocycles. The van der Waals surface area contributed by atoms with Gasteiger partial charge in [-0.3, -0.25) is 30.3 Å². The fourth-order valence-electron chi connectivity index (χ4n) is 2.69. The average Bonchev–Trinajstić information content (AvgIpc) is 3.13. The van der Waals surface area contributed by atoms with Crippen LogP contribution in [-0.2, 0) is 0 Å². The van der Waals surface area contributed by atoms with E-state index in [0.717, 1.165) is 18.2 Å². The number of rotatable bonds is 3. The van der Waals surface area contributed by atoms with Crippen molar-refractivity contribution in [3.05, 3.63) is 64.6 Å². The molecule has 3 rings (SSSR count). The molecule has 12 heteroatoms. The summed E-state index contributed by atoms with van der Waals surface area (Å²) in [5.74, 6) is 0. The molecule has 0 atom stereocenters. The first kappa shape index (κ1) is 16.7. The maximum absolute atomic E-state index is 11.4. The third kappa shape index (κ3) is 2.26. The summed E-state index contributed by atoms with van der Waals surface area (Å²) < 4.78 is 0. The minimum atomic E-state index is -0.847. The highest BCUT2D eigenvalue weighted by Crippen LogP contribution is 2.55. The Morgan fingerprint density at radius 3 is 2.08 bits per heavy atom. The Morgan fingerprint density at radius 2 is 1.58 bits per heavy atom. The fraction of sp³-hybridized carbons (Fsp3) is 0. The smallest absolute Gasteiger partial charge is 0.258 e. The number of hydrogen-bond donors (Lipinski definition) is 0. The molecule has 0 unspecified atom stereocenters. The van der Waals surface area contributed by atoms with Gasteiger partial charge in [0.2, 0.25) is 0 Å². The molecule has 0 saturated carbocycles. The van der Waals surface area contributed by atoms with Crippen LogP contribution in [0.4, 0.5) is 16.4 Å². The quantitative estimate of drug-likeness (QED) is 0.383. The van der Waals surface area contributed by atoms with E-state index in [1.54, 1.807) is 12.1 Å². The highest BCUT2D eigenvalue weighted by atomic mass is 32.1. The van der Waals surface area contributed by atoms with Crippen molar-refractivity contribution in [2.75, 3.05) is 0 Å². The molecule has 11 nitrogen and oxygen atoms in total. The fourth-order valence-corrected chi connectivity index (χ4v) is 3.73. The Balaban J connectivity index is 2.52. The molecule has 1 aromatic heterocycles. The van der Waals surface area contributed by atoms with Crippen molar-refractivity contribution in [2.24, 2.45) is 0 Å². The highest BCUT2D eigenvalue weighted by molar-refractivity contribution is 7.17. The van der Waals surface area contributed by atoms with Crippen LogP contribution in [0, 0.1) is 53.0 Å². The van der Waals surface area contributed by atoms with Crippen molar-refractivity contribution in [2.45, 2.75) is 0 Å². The van der Waals surface area contributed by atoms with Gasteiger partial charge in [0.1, 0.15) is 17.7 Å². The van der Waals surface area contributed by atoms with Gasteiger partial charge < -0.3 is 0 Å². The monoisotopic (exact) mass is 369 g/mol. The van der Waals surface area contributed by atoms with E-state index in [1.807, 2.05) is 0 Å². The number of nitriles is 2. The van der Waals surface area contributed by atoms with Gasteiger partial charge in [-0.1, -0.05) is 11.3 Å². The van der Waals surface area contributed by atoms with Crippen LogP contribution in [0.1, 0.15) is 10.4 Å².